The fourth-order valence-corrected chi connectivity index (χ4v) is 6.03. The van der Waals surface area contributed by atoms with Crippen molar-refractivity contribution in [3.63, 3.8) is 0 Å². The van der Waals surface area contributed by atoms with Crippen LogP contribution in [-0.2, 0) is 25.5 Å². The third-order valence-corrected chi connectivity index (χ3v) is 8.40. The van der Waals surface area contributed by atoms with Crippen LogP contribution in [0.5, 0.6) is 0 Å². The summed E-state index contributed by atoms with van der Waals surface area (Å²) in [4.78, 5) is 25.9. The van der Waals surface area contributed by atoms with E-state index >= 15 is 0 Å². The van der Waals surface area contributed by atoms with E-state index in [9.17, 15) is 14.7 Å². The maximum absolute atomic E-state index is 13.2. The minimum Gasteiger partial charge on any atom is -0.461 e. The third-order valence-electron chi connectivity index (χ3n) is 8.40. The van der Waals surface area contributed by atoms with Crippen LogP contribution in [0.3, 0.4) is 0 Å². The van der Waals surface area contributed by atoms with Crippen molar-refractivity contribution in [2.75, 3.05) is 13.2 Å². The summed E-state index contributed by atoms with van der Waals surface area (Å²) in [6, 6.07) is 15.9. The number of cyclic esters (lactones) is 1. The smallest absolute Gasteiger partial charge is 0.334 e. The number of benzene rings is 2. The number of aliphatic hydroxyl groups is 1. The van der Waals surface area contributed by atoms with Gasteiger partial charge in [-0.25, -0.2) is 4.79 Å². The van der Waals surface area contributed by atoms with Gasteiger partial charge in [-0.15, -0.1) is 0 Å². The molecule has 45 heavy (non-hydrogen) atoms. The zero-order valence-electron chi connectivity index (χ0n) is 27.7. The molecule has 4 rings (SSSR count). The average molecular weight is 613 g/mol. The van der Waals surface area contributed by atoms with Crippen LogP contribution < -0.4 is 0 Å². The Morgan fingerprint density at radius 3 is 2.33 bits per heavy atom. The molecule has 1 aliphatic rings. The van der Waals surface area contributed by atoms with Crippen molar-refractivity contribution in [1.82, 2.24) is 0 Å². The SMILES string of the molecule is CC[C@@H](Cc1cc2cc(C#Cc3ccc(C)cc3)ccc2o1)C(=O)OC[C@]1(CO)C/C(=C\CC(CC(C)C)CC(C)C)C(=O)O1. The van der Waals surface area contributed by atoms with Crippen LogP contribution >= 0.6 is 0 Å². The number of aliphatic hydroxyl groups excluding tert-OH is 1. The molecule has 0 amide bonds. The first-order valence-corrected chi connectivity index (χ1v) is 16.3. The van der Waals surface area contributed by atoms with E-state index in [0.717, 1.165) is 41.4 Å². The molecular formula is C39H48O6. The molecule has 1 aliphatic heterocycles. The highest BCUT2D eigenvalue weighted by atomic mass is 16.6. The quantitative estimate of drug-likeness (QED) is 0.120. The second kappa shape index (κ2) is 15.5. The Hall–Kier alpha value is -3.82. The summed E-state index contributed by atoms with van der Waals surface area (Å²) in [6.45, 7) is 12.2. The van der Waals surface area contributed by atoms with Gasteiger partial charge in [-0.05, 0) is 86.8 Å². The van der Waals surface area contributed by atoms with Crippen LogP contribution in [0.4, 0.5) is 0 Å². The van der Waals surface area contributed by atoms with Crippen molar-refractivity contribution in [2.24, 2.45) is 23.7 Å². The Morgan fingerprint density at radius 2 is 1.69 bits per heavy atom. The maximum Gasteiger partial charge on any atom is 0.334 e. The second-order valence-electron chi connectivity index (χ2n) is 13.5. The molecule has 0 aliphatic carbocycles. The summed E-state index contributed by atoms with van der Waals surface area (Å²) in [7, 11) is 0. The van der Waals surface area contributed by atoms with Crippen molar-refractivity contribution in [3.8, 4) is 11.8 Å². The van der Waals surface area contributed by atoms with Gasteiger partial charge >= 0.3 is 11.9 Å². The molecule has 1 N–H and O–H groups in total. The number of allylic oxidation sites excluding steroid dienone is 1. The van der Waals surface area contributed by atoms with E-state index in [4.69, 9.17) is 13.9 Å². The molecular weight excluding hydrogens is 564 g/mol. The lowest BCUT2D eigenvalue weighted by molar-refractivity contribution is -0.168. The van der Waals surface area contributed by atoms with Gasteiger partial charge in [0.2, 0.25) is 0 Å². The van der Waals surface area contributed by atoms with Crippen LogP contribution in [-0.4, -0.2) is 35.9 Å². The molecule has 6 nitrogen and oxygen atoms in total. The van der Waals surface area contributed by atoms with Crippen LogP contribution in [0.15, 0.2) is 64.6 Å². The minimum absolute atomic E-state index is 0.188. The van der Waals surface area contributed by atoms with Gasteiger partial charge in [-0.3, -0.25) is 4.79 Å². The lowest BCUT2D eigenvalue weighted by Gasteiger charge is -2.25. The molecule has 1 fully saturated rings. The Kier molecular flexibility index (Phi) is 11.7. The van der Waals surface area contributed by atoms with E-state index in [1.165, 1.54) is 5.56 Å². The Labute approximate surface area is 268 Å². The topological polar surface area (TPSA) is 86.0 Å². The number of aryl methyl sites for hydroxylation is 1. The van der Waals surface area contributed by atoms with Crippen LogP contribution in [0.2, 0.25) is 0 Å². The molecule has 3 aromatic rings. The van der Waals surface area contributed by atoms with E-state index in [-0.39, 0.29) is 13.0 Å². The normalized spacial score (nSPS) is 18.1. The molecule has 0 saturated carbocycles. The number of furan rings is 1. The highest BCUT2D eigenvalue weighted by Crippen LogP contribution is 2.34. The van der Waals surface area contributed by atoms with Gasteiger partial charge in [0.25, 0.3) is 0 Å². The van der Waals surface area contributed by atoms with Crippen molar-refractivity contribution in [2.45, 2.75) is 85.7 Å². The van der Waals surface area contributed by atoms with Crippen molar-refractivity contribution < 1.29 is 28.6 Å². The molecule has 2 atom stereocenters. The zero-order valence-corrected chi connectivity index (χ0v) is 27.7. The lowest BCUT2D eigenvalue weighted by Crippen LogP contribution is -2.40. The number of carbonyl (C=O) groups is 2. The molecule has 1 saturated heterocycles. The van der Waals surface area contributed by atoms with Gasteiger partial charge < -0.3 is 19.0 Å². The average Bonchev–Trinajstić information content (AvgIpc) is 3.56. The number of hydrogen-bond acceptors (Lipinski definition) is 6. The van der Waals surface area contributed by atoms with Crippen LogP contribution in [0.1, 0.15) is 89.2 Å². The third kappa shape index (κ3) is 9.58. The molecule has 0 unspecified atom stereocenters. The Balaban J connectivity index is 1.37. The van der Waals surface area contributed by atoms with Gasteiger partial charge in [0.05, 0.1) is 12.5 Å². The van der Waals surface area contributed by atoms with E-state index < -0.39 is 30.1 Å². The maximum atomic E-state index is 13.2. The van der Waals surface area contributed by atoms with E-state index in [1.807, 2.05) is 68.5 Å². The largest absolute Gasteiger partial charge is 0.461 e. The van der Waals surface area contributed by atoms with E-state index in [2.05, 4.69) is 39.5 Å². The number of carbonyl (C=O) groups excluding carboxylic acids is 2. The highest BCUT2D eigenvalue weighted by molar-refractivity contribution is 5.91. The molecule has 2 aromatic carbocycles. The number of esters is 2. The molecule has 240 valence electrons. The molecule has 0 radical (unpaired) electrons. The van der Waals surface area contributed by atoms with Gasteiger partial charge in [0, 0.05) is 34.9 Å². The predicted molar refractivity (Wildman–Crippen MR) is 177 cm³/mol. The molecule has 6 heteroatoms. The minimum atomic E-state index is -1.25. The van der Waals surface area contributed by atoms with Crippen LogP contribution in [0, 0.1) is 42.4 Å². The zero-order chi connectivity index (χ0) is 32.6. The van der Waals surface area contributed by atoms with Gasteiger partial charge in [0.15, 0.2) is 5.60 Å². The van der Waals surface area contributed by atoms with Gasteiger partial charge in [-0.2, -0.15) is 0 Å². The lowest BCUT2D eigenvalue weighted by atomic mass is 9.86. The fraction of sp³-hybridized carbons (Fsp3) is 0.487. The van der Waals surface area contributed by atoms with E-state index in [1.54, 1.807) is 0 Å². The summed E-state index contributed by atoms with van der Waals surface area (Å²) in [6.07, 6.45) is 6.08. The number of rotatable bonds is 13. The first-order valence-electron chi connectivity index (χ1n) is 16.3. The Bertz CT molecular complexity index is 1540. The van der Waals surface area contributed by atoms with Crippen molar-refractivity contribution in [1.29, 1.82) is 0 Å². The molecule has 1 aromatic heterocycles. The first-order chi connectivity index (χ1) is 21.5. The second-order valence-corrected chi connectivity index (χ2v) is 13.5. The van der Waals surface area contributed by atoms with Gasteiger partial charge in [-0.1, -0.05) is 70.2 Å². The van der Waals surface area contributed by atoms with Crippen LogP contribution in [0.25, 0.3) is 11.0 Å². The van der Waals surface area contributed by atoms with Gasteiger partial charge in [0.1, 0.15) is 18.0 Å². The molecule has 2 heterocycles. The summed E-state index contributed by atoms with van der Waals surface area (Å²) >= 11 is 0. The Morgan fingerprint density at radius 1 is 1.02 bits per heavy atom. The van der Waals surface area contributed by atoms with Crippen molar-refractivity contribution in [3.05, 3.63) is 82.6 Å². The number of hydrogen-bond donors (Lipinski definition) is 1. The fourth-order valence-electron chi connectivity index (χ4n) is 6.03. The first kappa shape index (κ1) is 34.1. The number of fused-ring (bicyclic) bond motifs is 1. The monoisotopic (exact) mass is 612 g/mol. The van der Waals surface area contributed by atoms with Crippen molar-refractivity contribution >= 4 is 22.9 Å². The summed E-state index contributed by atoms with van der Waals surface area (Å²) < 4.78 is 17.4. The molecule has 0 bridgehead atoms. The highest BCUT2D eigenvalue weighted by Gasteiger charge is 2.45. The summed E-state index contributed by atoms with van der Waals surface area (Å²) in [5.41, 5.74) is 3.06. The molecule has 0 spiro atoms. The predicted octanol–water partition coefficient (Wildman–Crippen LogP) is 7.96. The summed E-state index contributed by atoms with van der Waals surface area (Å²) in [5, 5.41) is 11.1. The summed E-state index contributed by atoms with van der Waals surface area (Å²) in [5.74, 6) is 7.44. The standard InChI is InChI=1S/C39H48O6/c1-7-32(21-35-22-34-20-30(15-17-36(34)44-35)13-12-29-10-8-28(6)9-11-29)37(41)43-25-39(24-40)23-33(38(42)45-39)16-14-31(18-26(2)3)19-27(4)5/h8-11,15-17,20,22,26-27,31-32,40H,7,14,18-19,21,23-25H2,1-6H3/b33-16+/t32-,39+/m0/s1. The van der Waals surface area contributed by atoms with E-state index in [0.29, 0.717) is 41.9 Å². The number of ether oxygens (including phenoxy) is 2.